The molecule has 2 aromatic rings. The predicted molar refractivity (Wildman–Crippen MR) is 65.2 cm³/mol. The summed E-state index contributed by atoms with van der Waals surface area (Å²) in [5.41, 5.74) is -1.11. The van der Waals surface area contributed by atoms with Gasteiger partial charge >= 0.3 is 6.18 Å². The number of aliphatic hydroxyl groups excluding tert-OH is 1. The SMILES string of the molecule is O=C(NCC(O)c1ccco1)c1ccc(C(F)(F)F)nc1. The molecule has 1 amide bonds. The molecular formula is C13H11F3N2O3. The zero-order valence-corrected chi connectivity index (χ0v) is 10.6. The van der Waals surface area contributed by atoms with Gasteiger partial charge in [-0.2, -0.15) is 13.2 Å². The van der Waals surface area contributed by atoms with E-state index in [1.54, 1.807) is 6.07 Å². The third kappa shape index (κ3) is 3.82. The molecule has 2 rings (SSSR count). The molecule has 0 fully saturated rings. The van der Waals surface area contributed by atoms with E-state index in [0.29, 0.717) is 0 Å². The van der Waals surface area contributed by atoms with Gasteiger partial charge < -0.3 is 14.8 Å². The van der Waals surface area contributed by atoms with E-state index in [0.717, 1.165) is 18.3 Å². The van der Waals surface area contributed by atoms with Crippen molar-refractivity contribution in [1.82, 2.24) is 10.3 Å². The second-order valence-corrected chi connectivity index (χ2v) is 4.17. The van der Waals surface area contributed by atoms with E-state index >= 15 is 0 Å². The number of furan rings is 1. The first kappa shape index (κ1) is 15.0. The van der Waals surface area contributed by atoms with Gasteiger partial charge in [0.1, 0.15) is 17.6 Å². The van der Waals surface area contributed by atoms with E-state index in [-0.39, 0.29) is 17.9 Å². The minimum Gasteiger partial charge on any atom is -0.467 e. The maximum absolute atomic E-state index is 12.3. The number of nitrogens with one attached hydrogen (secondary N) is 1. The average Bonchev–Trinajstić information content (AvgIpc) is 2.98. The minimum absolute atomic E-state index is 0.0327. The number of hydrogen-bond donors (Lipinski definition) is 2. The minimum atomic E-state index is -4.55. The number of aliphatic hydroxyl groups is 1. The summed E-state index contributed by atoms with van der Waals surface area (Å²) in [5, 5.41) is 12.1. The van der Waals surface area contributed by atoms with Crippen LogP contribution < -0.4 is 5.32 Å². The molecule has 0 aliphatic carbocycles. The maximum Gasteiger partial charge on any atom is 0.433 e. The summed E-state index contributed by atoms with van der Waals surface area (Å²) >= 11 is 0. The Balaban J connectivity index is 1.94. The summed E-state index contributed by atoms with van der Waals surface area (Å²) < 4.78 is 41.9. The summed E-state index contributed by atoms with van der Waals surface area (Å²) in [7, 11) is 0. The van der Waals surface area contributed by atoms with Crippen LogP contribution in [0.15, 0.2) is 41.1 Å². The van der Waals surface area contributed by atoms with Crippen LogP contribution in [0.1, 0.15) is 27.9 Å². The third-order valence-corrected chi connectivity index (χ3v) is 2.64. The van der Waals surface area contributed by atoms with Gasteiger partial charge in [0.05, 0.1) is 18.4 Å². The fourth-order valence-electron chi connectivity index (χ4n) is 1.57. The van der Waals surface area contributed by atoms with Gasteiger partial charge in [0, 0.05) is 6.20 Å². The lowest BCUT2D eigenvalue weighted by molar-refractivity contribution is -0.141. The zero-order chi connectivity index (χ0) is 15.5. The zero-order valence-electron chi connectivity index (χ0n) is 10.6. The normalized spacial score (nSPS) is 13.0. The molecule has 0 aliphatic rings. The largest absolute Gasteiger partial charge is 0.467 e. The quantitative estimate of drug-likeness (QED) is 0.907. The number of amides is 1. The first-order chi connectivity index (χ1) is 9.88. The fourth-order valence-corrected chi connectivity index (χ4v) is 1.57. The summed E-state index contributed by atoms with van der Waals surface area (Å²) in [6.07, 6.45) is -3.38. The van der Waals surface area contributed by atoms with E-state index in [1.165, 1.54) is 12.3 Å². The van der Waals surface area contributed by atoms with Gasteiger partial charge in [0.25, 0.3) is 5.91 Å². The van der Waals surface area contributed by atoms with Crippen LogP contribution in [0.2, 0.25) is 0 Å². The van der Waals surface area contributed by atoms with Crippen molar-refractivity contribution in [1.29, 1.82) is 0 Å². The Kier molecular flexibility index (Phi) is 4.27. The topological polar surface area (TPSA) is 75.4 Å². The number of nitrogens with zero attached hydrogens (tertiary/aromatic N) is 1. The van der Waals surface area contributed by atoms with Gasteiger partial charge in [-0.1, -0.05) is 0 Å². The van der Waals surface area contributed by atoms with Crippen molar-refractivity contribution in [3.05, 3.63) is 53.7 Å². The molecule has 21 heavy (non-hydrogen) atoms. The molecule has 0 radical (unpaired) electrons. The highest BCUT2D eigenvalue weighted by Crippen LogP contribution is 2.27. The van der Waals surface area contributed by atoms with Crippen LogP contribution in [-0.2, 0) is 6.18 Å². The van der Waals surface area contributed by atoms with E-state index in [4.69, 9.17) is 4.42 Å². The molecule has 2 heterocycles. The van der Waals surface area contributed by atoms with E-state index in [9.17, 15) is 23.1 Å². The predicted octanol–water partition coefficient (Wildman–Crippen LogP) is 2.16. The number of rotatable bonds is 4. The molecule has 8 heteroatoms. The molecule has 2 N–H and O–H groups in total. The Morgan fingerprint density at radius 1 is 1.38 bits per heavy atom. The average molecular weight is 300 g/mol. The lowest BCUT2D eigenvalue weighted by Gasteiger charge is -2.10. The van der Waals surface area contributed by atoms with Crippen LogP contribution >= 0.6 is 0 Å². The second-order valence-electron chi connectivity index (χ2n) is 4.17. The number of alkyl halides is 3. The summed E-state index contributed by atoms with van der Waals surface area (Å²) in [5.74, 6) is -0.359. The Hall–Kier alpha value is -2.35. The second kappa shape index (κ2) is 5.96. The molecule has 1 unspecified atom stereocenters. The Labute approximate surface area is 117 Å². The van der Waals surface area contributed by atoms with Gasteiger partial charge in [-0.05, 0) is 24.3 Å². The first-order valence-corrected chi connectivity index (χ1v) is 5.91. The van der Waals surface area contributed by atoms with Gasteiger partial charge in [0.2, 0.25) is 0 Å². The van der Waals surface area contributed by atoms with Crippen LogP contribution in [0.3, 0.4) is 0 Å². The van der Waals surface area contributed by atoms with Crippen molar-refractivity contribution in [2.75, 3.05) is 6.54 Å². The number of carbonyl (C=O) groups is 1. The molecule has 0 saturated heterocycles. The third-order valence-electron chi connectivity index (χ3n) is 2.64. The van der Waals surface area contributed by atoms with Crippen molar-refractivity contribution in [2.24, 2.45) is 0 Å². The van der Waals surface area contributed by atoms with Gasteiger partial charge in [0.15, 0.2) is 0 Å². The number of halogens is 3. The lowest BCUT2D eigenvalue weighted by Crippen LogP contribution is -2.28. The first-order valence-electron chi connectivity index (χ1n) is 5.91. The molecule has 112 valence electrons. The summed E-state index contributed by atoms with van der Waals surface area (Å²) in [4.78, 5) is 14.9. The van der Waals surface area contributed by atoms with Crippen molar-refractivity contribution in [2.45, 2.75) is 12.3 Å². The standard InChI is InChI=1S/C13H11F3N2O3/c14-13(15,16)11-4-3-8(6-17-11)12(20)18-7-9(19)10-2-1-5-21-10/h1-6,9,19H,7H2,(H,18,20). The summed E-state index contributed by atoms with van der Waals surface area (Å²) in [6, 6.07) is 4.86. The highest BCUT2D eigenvalue weighted by molar-refractivity contribution is 5.93. The molecule has 0 spiro atoms. The van der Waals surface area contributed by atoms with E-state index < -0.39 is 23.9 Å². The van der Waals surface area contributed by atoms with Crippen LogP contribution in [-0.4, -0.2) is 22.5 Å². The summed E-state index contributed by atoms with van der Waals surface area (Å²) in [6.45, 7) is -0.132. The number of carbonyl (C=O) groups excluding carboxylic acids is 1. The van der Waals surface area contributed by atoms with Crippen molar-refractivity contribution in [3.8, 4) is 0 Å². The van der Waals surface area contributed by atoms with Gasteiger partial charge in [-0.15, -0.1) is 0 Å². The van der Waals surface area contributed by atoms with Gasteiger partial charge in [-0.3, -0.25) is 9.78 Å². The number of pyridine rings is 1. The monoisotopic (exact) mass is 300 g/mol. The molecule has 5 nitrogen and oxygen atoms in total. The van der Waals surface area contributed by atoms with E-state index in [1.807, 2.05) is 0 Å². The van der Waals surface area contributed by atoms with Crippen LogP contribution in [0, 0.1) is 0 Å². The Morgan fingerprint density at radius 3 is 2.67 bits per heavy atom. The highest BCUT2D eigenvalue weighted by Gasteiger charge is 2.32. The molecule has 0 aromatic carbocycles. The van der Waals surface area contributed by atoms with Crippen LogP contribution in [0.25, 0.3) is 0 Å². The maximum atomic E-state index is 12.3. The Bertz CT molecular complexity index is 594. The molecule has 0 bridgehead atoms. The van der Waals surface area contributed by atoms with Crippen LogP contribution in [0.4, 0.5) is 13.2 Å². The molecular weight excluding hydrogens is 289 g/mol. The number of hydrogen-bond acceptors (Lipinski definition) is 4. The van der Waals surface area contributed by atoms with Crippen molar-refractivity contribution < 1.29 is 27.5 Å². The smallest absolute Gasteiger partial charge is 0.433 e. The van der Waals surface area contributed by atoms with Crippen LogP contribution in [0.5, 0.6) is 0 Å². The van der Waals surface area contributed by atoms with Gasteiger partial charge in [-0.25, -0.2) is 0 Å². The van der Waals surface area contributed by atoms with E-state index in [2.05, 4.69) is 10.3 Å². The van der Waals surface area contributed by atoms with Crippen molar-refractivity contribution in [3.63, 3.8) is 0 Å². The number of aromatic nitrogens is 1. The Morgan fingerprint density at radius 2 is 2.14 bits per heavy atom. The lowest BCUT2D eigenvalue weighted by atomic mass is 10.2. The molecule has 2 aromatic heterocycles. The van der Waals surface area contributed by atoms with Crippen molar-refractivity contribution >= 4 is 5.91 Å². The highest BCUT2D eigenvalue weighted by atomic mass is 19.4. The fraction of sp³-hybridized carbons (Fsp3) is 0.231. The molecule has 0 aliphatic heterocycles. The molecule has 0 saturated carbocycles. The molecule has 1 atom stereocenters.